The van der Waals surface area contributed by atoms with Crippen LogP contribution >= 0.6 is 0 Å². The first kappa shape index (κ1) is 14.4. The van der Waals surface area contributed by atoms with Gasteiger partial charge >= 0.3 is 0 Å². The maximum absolute atomic E-state index is 12.1. The lowest BCUT2D eigenvalue weighted by atomic mass is 10.2. The number of amides is 1. The third kappa shape index (κ3) is 3.05. The van der Waals surface area contributed by atoms with E-state index in [4.69, 9.17) is 0 Å². The van der Waals surface area contributed by atoms with E-state index in [0.29, 0.717) is 42.6 Å². The largest absolute Gasteiger partial charge is 0.352 e. The Morgan fingerprint density at radius 2 is 2.19 bits per heavy atom. The fourth-order valence-electron chi connectivity index (χ4n) is 2.74. The zero-order valence-corrected chi connectivity index (χ0v) is 12.9. The number of nitrogens with zero attached hydrogens (tertiary/aromatic N) is 1. The quantitative estimate of drug-likeness (QED) is 0.919. The van der Waals surface area contributed by atoms with Crippen LogP contribution in [-0.2, 0) is 10.0 Å². The van der Waals surface area contributed by atoms with E-state index in [2.05, 4.69) is 12.2 Å². The molecule has 1 heterocycles. The van der Waals surface area contributed by atoms with Gasteiger partial charge in [-0.1, -0.05) is 13.0 Å². The zero-order chi connectivity index (χ0) is 15.0. The smallest absolute Gasteiger partial charge is 0.251 e. The molecule has 3 rings (SSSR count). The number of hydrogen-bond donors (Lipinski definition) is 1. The van der Waals surface area contributed by atoms with E-state index in [1.807, 2.05) is 0 Å². The minimum absolute atomic E-state index is 0.132. The predicted molar refractivity (Wildman–Crippen MR) is 81.8 cm³/mol. The minimum Gasteiger partial charge on any atom is -0.352 e. The molecule has 114 valence electrons. The van der Waals surface area contributed by atoms with E-state index < -0.39 is 10.0 Å². The monoisotopic (exact) mass is 308 g/mol. The van der Waals surface area contributed by atoms with Gasteiger partial charge in [0.1, 0.15) is 0 Å². The van der Waals surface area contributed by atoms with Crippen LogP contribution in [0.3, 0.4) is 0 Å². The normalized spacial score (nSPS) is 26.6. The summed E-state index contributed by atoms with van der Waals surface area (Å²) in [5.74, 6) is 1.35. The van der Waals surface area contributed by atoms with Gasteiger partial charge in [0.15, 0.2) is 0 Å². The van der Waals surface area contributed by atoms with E-state index in [1.165, 1.54) is 10.7 Å². The molecular formula is C15H20N2O3S. The van der Waals surface area contributed by atoms with Crippen LogP contribution < -0.4 is 9.62 Å². The number of rotatable bonds is 4. The van der Waals surface area contributed by atoms with Crippen LogP contribution in [0.5, 0.6) is 0 Å². The summed E-state index contributed by atoms with van der Waals surface area (Å²) in [6, 6.07) is 6.85. The Kier molecular flexibility index (Phi) is 3.65. The molecule has 0 spiro atoms. The maximum atomic E-state index is 12.1. The summed E-state index contributed by atoms with van der Waals surface area (Å²) in [5, 5.41) is 2.92. The Balaban J connectivity index is 1.72. The second-order valence-corrected chi connectivity index (χ2v) is 7.99. The molecule has 0 radical (unpaired) electrons. The Labute approximate surface area is 125 Å². The van der Waals surface area contributed by atoms with Crippen molar-refractivity contribution in [2.24, 2.45) is 11.8 Å². The second kappa shape index (κ2) is 5.33. The molecular weight excluding hydrogens is 288 g/mol. The van der Waals surface area contributed by atoms with Crippen molar-refractivity contribution >= 4 is 21.6 Å². The lowest BCUT2D eigenvalue weighted by molar-refractivity contribution is 0.0951. The van der Waals surface area contributed by atoms with Crippen LogP contribution in [0.2, 0.25) is 0 Å². The molecule has 5 nitrogen and oxygen atoms in total. The number of benzene rings is 1. The predicted octanol–water partition coefficient (Wildman–Crippen LogP) is 1.61. The Morgan fingerprint density at radius 3 is 2.81 bits per heavy atom. The summed E-state index contributed by atoms with van der Waals surface area (Å²) in [5.41, 5.74) is 1.10. The molecule has 1 saturated heterocycles. The highest BCUT2D eigenvalue weighted by atomic mass is 32.2. The van der Waals surface area contributed by atoms with Crippen molar-refractivity contribution in [3.63, 3.8) is 0 Å². The number of carbonyl (C=O) groups is 1. The molecule has 1 N–H and O–H groups in total. The van der Waals surface area contributed by atoms with E-state index in [9.17, 15) is 13.2 Å². The molecule has 21 heavy (non-hydrogen) atoms. The summed E-state index contributed by atoms with van der Waals surface area (Å²) >= 11 is 0. The summed E-state index contributed by atoms with van der Waals surface area (Å²) in [7, 11) is -3.20. The Hall–Kier alpha value is -1.56. The highest BCUT2D eigenvalue weighted by Gasteiger charge is 2.32. The fraction of sp³-hybridized carbons (Fsp3) is 0.533. The van der Waals surface area contributed by atoms with Gasteiger partial charge < -0.3 is 5.32 Å². The van der Waals surface area contributed by atoms with Gasteiger partial charge in [-0.3, -0.25) is 9.10 Å². The van der Waals surface area contributed by atoms with Crippen LogP contribution in [0.15, 0.2) is 24.3 Å². The summed E-state index contributed by atoms with van der Waals surface area (Å²) in [4.78, 5) is 12.1. The van der Waals surface area contributed by atoms with Gasteiger partial charge in [0.05, 0.1) is 11.4 Å². The third-order valence-corrected chi connectivity index (χ3v) is 6.17. The molecule has 0 aromatic heterocycles. The molecule has 2 unspecified atom stereocenters. The number of nitrogens with one attached hydrogen (secondary N) is 1. The molecule has 6 heteroatoms. The molecule has 2 fully saturated rings. The van der Waals surface area contributed by atoms with E-state index >= 15 is 0 Å². The van der Waals surface area contributed by atoms with Crippen LogP contribution in [0.1, 0.15) is 30.1 Å². The van der Waals surface area contributed by atoms with Crippen molar-refractivity contribution < 1.29 is 13.2 Å². The van der Waals surface area contributed by atoms with E-state index in [0.717, 1.165) is 0 Å². The average Bonchev–Trinajstić information content (AvgIpc) is 3.04. The fourth-order valence-corrected chi connectivity index (χ4v) is 4.30. The van der Waals surface area contributed by atoms with Gasteiger partial charge in [0.2, 0.25) is 10.0 Å². The minimum atomic E-state index is -3.20. The average molecular weight is 308 g/mol. The van der Waals surface area contributed by atoms with Gasteiger partial charge in [0, 0.05) is 18.7 Å². The van der Waals surface area contributed by atoms with E-state index in [1.54, 1.807) is 24.3 Å². The van der Waals surface area contributed by atoms with Gasteiger partial charge in [-0.15, -0.1) is 0 Å². The van der Waals surface area contributed by atoms with Gasteiger partial charge in [-0.2, -0.15) is 0 Å². The second-order valence-electron chi connectivity index (χ2n) is 5.98. The zero-order valence-electron chi connectivity index (χ0n) is 12.1. The van der Waals surface area contributed by atoms with E-state index in [-0.39, 0.29) is 11.7 Å². The third-order valence-electron chi connectivity index (χ3n) is 4.30. The van der Waals surface area contributed by atoms with Crippen molar-refractivity contribution in [2.45, 2.75) is 19.8 Å². The SMILES string of the molecule is CC1CC1CNC(=O)c1cccc(N2CCCS2(=O)=O)c1. The molecule has 2 aliphatic rings. The van der Waals surface area contributed by atoms with Crippen molar-refractivity contribution in [2.75, 3.05) is 23.1 Å². The van der Waals surface area contributed by atoms with Crippen LogP contribution in [0, 0.1) is 11.8 Å². The summed E-state index contributed by atoms with van der Waals surface area (Å²) in [6.07, 6.45) is 1.81. The maximum Gasteiger partial charge on any atom is 0.251 e. The summed E-state index contributed by atoms with van der Waals surface area (Å²) < 4.78 is 25.3. The number of hydrogen-bond acceptors (Lipinski definition) is 3. The molecule has 2 atom stereocenters. The Bertz CT molecular complexity index is 657. The Morgan fingerprint density at radius 1 is 1.43 bits per heavy atom. The van der Waals surface area contributed by atoms with Crippen LogP contribution in [-0.4, -0.2) is 33.2 Å². The van der Waals surface area contributed by atoms with Crippen molar-refractivity contribution in [1.29, 1.82) is 0 Å². The molecule has 1 amide bonds. The van der Waals surface area contributed by atoms with Gasteiger partial charge in [-0.05, 0) is 42.9 Å². The molecule has 1 aliphatic heterocycles. The highest BCUT2D eigenvalue weighted by molar-refractivity contribution is 7.93. The standard InChI is InChI=1S/C15H20N2O3S/c1-11-8-13(11)10-16-15(18)12-4-2-5-14(9-12)17-6-3-7-21(17,19)20/h2,4-5,9,11,13H,3,6-8,10H2,1H3,(H,16,18). The molecule has 0 bridgehead atoms. The number of anilines is 1. The molecule has 1 saturated carbocycles. The topological polar surface area (TPSA) is 66.5 Å². The lowest BCUT2D eigenvalue weighted by Crippen LogP contribution is -2.27. The van der Waals surface area contributed by atoms with Gasteiger partial charge in [0.25, 0.3) is 5.91 Å². The molecule has 1 aliphatic carbocycles. The summed E-state index contributed by atoms with van der Waals surface area (Å²) in [6.45, 7) is 3.37. The highest BCUT2D eigenvalue weighted by Crippen LogP contribution is 2.36. The van der Waals surface area contributed by atoms with Crippen molar-refractivity contribution in [3.8, 4) is 0 Å². The molecule has 1 aromatic rings. The van der Waals surface area contributed by atoms with Gasteiger partial charge in [-0.25, -0.2) is 8.42 Å². The van der Waals surface area contributed by atoms with Crippen molar-refractivity contribution in [3.05, 3.63) is 29.8 Å². The first-order valence-corrected chi connectivity index (χ1v) is 8.97. The van der Waals surface area contributed by atoms with Crippen LogP contribution in [0.25, 0.3) is 0 Å². The van der Waals surface area contributed by atoms with Crippen LogP contribution in [0.4, 0.5) is 5.69 Å². The number of carbonyl (C=O) groups excluding carboxylic acids is 1. The lowest BCUT2D eigenvalue weighted by Gasteiger charge is -2.17. The number of sulfonamides is 1. The molecule has 1 aromatic carbocycles. The first-order chi connectivity index (χ1) is 9.97. The van der Waals surface area contributed by atoms with Crippen molar-refractivity contribution in [1.82, 2.24) is 5.32 Å². The first-order valence-electron chi connectivity index (χ1n) is 7.36.